The minimum atomic E-state index is -0.433. The number of rotatable bonds is 7. The molecule has 2 nitrogen and oxygen atoms in total. The Morgan fingerprint density at radius 1 is 1.04 bits per heavy atom. The second-order valence-electron chi connectivity index (χ2n) is 6.66. The highest BCUT2D eigenvalue weighted by atomic mass is 16.3. The minimum absolute atomic E-state index is 0.0743. The zero-order valence-corrected chi connectivity index (χ0v) is 14.0. The topological polar surface area (TPSA) is 32.3 Å². The molecular formula is C21H27NO. The average molecular weight is 309 g/mol. The molecule has 0 fully saturated rings. The van der Waals surface area contributed by atoms with Crippen LogP contribution in [0.15, 0.2) is 48.5 Å². The second kappa shape index (κ2) is 7.76. The van der Waals surface area contributed by atoms with Crippen LogP contribution in [0.5, 0.6) is 0 Å². The number of aliphatic hydroxyl groups is 1. The van der Waals surface area contributed by atoms with Crippen LogP contribution < -0.4 is 5.32 Å². The van der Waals surface area contributed by atoms with Crippen molar-refractivity contribution in [2.75, 3.05) is 6.54 Å². The Bertz CT molecular complexity index is 623. The molecule has 0 saturated carbocycles. The Morgan fingerprint density at radius 3 is 2.65 bits per heavy atom. The van der Waals surface area contributed by atoms with Crippen LogP contribution in [-0.4, -0.2) is 17.7 Å². The van der Waals surface area contributed by atoms with Crippen LogP contribution in [0, 0.1) is 0 Å². The van der Waals surface area contributed by atoms with Gasteiger partial charge in [0.15, 0.2) is 0 Å². The zero-order valence-electron chi connectivity index (χ0n) is 14.0. The van der Waals surface area contributed by atoms with Crippen molar-refractivity contribution < 1.29 is 5.11 Å². The maximum absolute atomic E-state index is 10.6. The van der Waals surface area contributed by atoms with E-state index in [-0.39, 0.29) is 6.04 Å². The van der Waals surface area contributed by atoms with Crippen molar-refractivity contribution in [1.82, 2.24) is 5.32 Å². The van der Waals surface area contributed by atoms with E-state index >= 15 is 0 Å². The Labute approximate surface area is 139 Å². The van der Waals surface area contributed by atoms with Gasteiger partial charge >= 0.3 is 0 Å². The molecule has 3 rings (SSSR count). The van der Waals surface area contributed by atoms with Gasteiger partial charge in [-0.05, 0) is 67.8 Å². The largest absolute Gasteiger partial charge is 0.387 e. The lowest BCUT2D eigenvalue weighted by molar-refractivity contribution is 0.136. The predicted octanol–water partition coefficient (Wildman–Crippen LogP) is 3.82. The molecule has 0 amide bonds. The summed E-state index contributed by atoms with van der Waals surface area (Å²) in [4.78, 5) is 0. The number of nitrogens with one attached hydrogen (secondary N) is 1. The highest BCUT2D eigenvalue weighted by Crippen LogP contribution is 2.26. The van der Waals surface area contributed by atoms with Crippen molar-refractivity contribution in [3.63, 3.8) is 0 Å². The van der Waals surface area contributed by atoms with E-state index in [9.17, 15) is 5.11 Å². The van der Waals surface area contributed by atoms with E-state index in [4.69, 9.17) is 0 Å². The van der Waals surface area contributed by atoms with E-state index in [1.165, 1.54) is 29.5 Å². The van der Waals surface area contributed by atoms with Gasteiger partial charge in [-0.15, -0.1) is 0 Å². The van der Waals surface area contributed by atoms with Gasteiger partial charge in [-0.25, -0.2) is 0 Å². The van der Waals surface area contributed by atoms with Gasteiger partial charge in [-0.1, -0.05) is 48.5 Å². The molecule has 2 atom stereocenters. The summed E-state index contributed by atoms with van der Waals surface area (Å²) in [6.45, 7) is 3.00. The second-order valence-corrected chi connectivity index (χ2v) is 6.66. The van der Waals surface area contributed by atoms with Crippen LogP contribution in [0.2, 0.25) is 0 Å². The molecule has 1 aliphatic carbocycles. The van der Waals surface area contributed by atoms with Crippen molar-refractivity contribution in [2.24, 2.45) is 0 Å². The average Bonchev–Trinajstić information content (AvgIpc) is 3.06. The number of hydrogen-bond acceptors (Lipinski definition) is 2. The lowest BCUT2D eigenvalue weighted by Crippen LogP contribution is -2.33. The summed E-state index contributed by atoms with van der Waals surface area (Å²) < 4.78 is 0. The standard InChI is InChI=1S/C21H27NO/c1-16(22-14-6-9-17-7-3-2-4-8-17)21(23)20-13-12-18-10-5-11-19(18)15-20/h2-4,7-8,12-13,15-16,21-23H,5-6,9-11,14H2,1H3. The molecule has 23 heavy (non-hydrogen) atoms. The molecule has 0 aliphatic heterocycles. The van der Waals surface area contributed by atoms with Crippen LogP contribution in [-0.2, 0) is 19.3 Å². The highest BCUT2D eigenvalue weighted by Gasteiger charge is 2.18. The Balaban J connectivity index is 1.47. The van der Waals surface area contributed by atoms with Crippen LogP contribution >= 0.6 is 0 Å². The van der Waals surface area contributed by atoms with Gasteiger partial charge in [0, 0.05) is 6.04 Å². The minimum Gasteiger partial charge on any atom is -0.387 e. The zero-order chi connectivity index (χ0) is 16.1. The Morgan fingerprint density at radius 2 is 1.83 bits per heavy atom. The van der Waals surface area contributed by atoms with Crippen molar-refractivity contribution in [2.45, 2.75) is 51.2 Å². The van der Waals surface area contributed by atoms with Gasteiger partial charge < -0.3 is 10.4 Å². The van der Waals surface area contributed by atoms with Gasteiger partial charge in [-0.2, -0.15) is 0 Å². The molecule has 0 spiro atoms. The summed E-state index contributed by atoms with van der Waals surface area (Å²) in [7, 11) is 0. The van der Waals surface area contributed by atoms with Crippen molar-refractivity contribution in [1.29, 1.82) is 0 Å². The SMILES string of the molecule is CC(NCCCc1ccccc1)C(O)c1ccc2c(c1)CCC2. The summed E-state index contributed by atoms with van der Waals surface area (Å²) in [5.41, 5.74) is 5.32. The Kier molecular flexibility index (Phi) is 5.47. The number of aryl methyl sites for hydroxylation is 3. The van der Waals surface area contributed by atoms with E-state index in [1.807, 2.05) is 0 Å². The molecule has 1 aliphatic rings. The summed E-state index contributed by atoms with van der Waals surface area (Å²) in [5, 5.41) is 14.0. The molecule has 0 saturated heterocycles. The predicted molar refractivity (Wildman–Crippen MR) is 95.7 cm³/mol. The quantitative estimate of drug-likeness (QED) is 0.762. The summed E-state index contributed by atoms with van der Waals surface area (Å²) in [5.74, 6) is 0. The van der Waals surface area contributed by atoms with E-state index in [1.54, 1.807) is 0 Å². The van der Waals surface area contributed by atoms with Gasteiger partial charge in [0.05, 0.1) is 6.10 Å². The van der Waals surface area contributed by atoms with E-state index in [0.29, 0.717) is 0 Å². The van der Waals surface area contributed by atoms with Crippen molar-refractivity contribution >= 4 is 0 Å². The summed E-state index contributed by atoms with van der Waals surface area (Å²) in [6.07, 6.45) is 5.34. The summed E-state index contributed by atoms with van der Waals surface area (Å²) >= 11 is 0. The fourth-order valence-electron chi connectivity index (χ4n) is 3.44. The van der Waals surface area contributed by atoms with Gasteiger partial charge in [0.1, 0.15) is 0 Å². The molecule has 0 heterocycles. The number of aliphatic hydroxyl groups excluding tert-OH is 1. The molecule has 2 unspecified atom stereocenters. The molecule has 2 aromatic rings. The number of benzene rings is 2. The maximum atomic E-state index is 10.6. The molecule has 2 N–H and O–H groups in total. The van der Waals surface area contributed by atoms with Crippen LogP contribution in [0.1, 0.15) is 48.1 Å². The number of fused-ring (bicyclic) bond motifs is 1. The molecule has 0 bridgehead atoms. The van der Waals surface area contributed by atoms with Gasteiger partial charge in [-0.3, -0.25) is 0 Å². The lowest BCUT2D eigenvalue weighted by Gasteiger charge is -2.21. The molecular weight excluding hydrogens is 282 g/mol. The van der Waals surface area contributed by atoms with E-state index in [0.717, 1.165) is 31.4 Å². The van der Waals surface area contributed by atoms with Gasteiger partial charge in [0.2, 0.25) is 0 Å². The summed E-state index contributed by atoms with van der Waals surface area (Å²) in [6, 6.07) is 17.1. The molecule has 0 aromatic heterocycles. The molecule has 0 radical (unpaired) electrons. The van der Waals surface area contributed by atoms with Crippen molar-refractivity contribution in [3.05, 3.63) is 70.8 Å². The molecule has 2 aromatic carbocycles. The van der Waals surface area contributed by atoms with Crippen LogP contribution in [0.3, 0.4) is 0 Å². The van der Waals surface area contributed by atoms with E-state index in [2.05, 4.69) is 60.8 Å². The Hall–Kier alpha value is -1.64. The fraction of sp³-hybridized carbons (Fsp3) is 0.429. The first-order chi connectivity index (χ1) is 11.2. The third-order valence-corrected chi connectivity index (χ3v) is 4.89. The van der Waals surface area contributed by atoms with Gasteiger partial charge in [0.25, 0.3) is 0 Å². The monoisotopic (exact) mass is 309 g/mol. The smallest absolute Gasteiger partial charge is 0.0940 e. The first-order valence-corrected chi connectivity index (χ1v) is 8.81. The van der Waals surface area contributed by atoms with Crippen LogP contribution in [0.25, 0.3) is 0 Å². The maximum Gasteiger partial charge on any atom is 0.0940 e. The van der Waals surface area contributed by atoms with Crippen molar-refractivity contribution in [3.8, 4) is 0 Å². The molecule has 122 valence electrons. The third-order valence-electron chi connectivity index (χ3n) is 4.89. The van der Waals surface area contributed by atoms with Crippen LogP contribution in [0.4, 0.5) is 0 Å². The molecule has 2 heteroatoms. The first kappa shape index (κ1) is 16.2. The fourth-order valence-corrected chi connectivity index (χ4v) is 3.44. The first-order valence-electron chi connectivity index (χ1n) is 8.81. The third kappa shape index (κ3) is 4.21. The number of hydrogen-bond donors (Lipinski definition) is 2. The highest BCUT2D eigenvalue weighted by molar-refractivity contribution is 5.36. The lowest BCUT2D eigenvalue weighted by atomic mass is 9.99. The normalized spacial score (nSPS) is 16.1. The van der Waals surface area contributed by atoms with E-state index < -0.39 is 6.10 Å².